The van der Waals surface area contributed by atoms with Crippen LogP contribution in [0.5, 0.6) is 5.75 Å². The van der Waals surface area contributed by atoms with Gasteiger partial charge in [-0.25, -0.2) is 10.2 Å². The van der Waals surface area contributed by atoms with Crippen molar-refractivity contribution in [3.63, 3.8) is 0 Å². The van der Waals surface area contributed by atoms with Crippen molar-refractivity contribution in [2.75, 3.05) is 11.9 Å². The first-order valence-electron chi connectivity index (χ1n) is 12.8. The van der Waals surface area contributed by atoms with E-state index in [9.17, 15) is 14.4 Å². The molecule has 1 aromatic heterocycles. The third kappa shape index (κ3) is 7.02. The number of anilines is 1. The lowest BCUT2D eigenvalue weighted by Crippen LogP contribution is -2.33. The number of carbonyl (C=O) groups is 3. The van der Waals surface area contributed by atoms with Crippen LogP contribution in [0.4, 0.5) is 5.00 Å². The average Bonchev–Trinajstić information content (AvgIpc) is 3.27. The molecule has 2 N–H and O–H groups in total. The Hall–Kier alpha value is -3.40. The first-order valence-corrected chi connectivity index (χ1v) is 14.4. The van der Waals surface area contributed by atoms with Crippen LogP contribution in [0.2, 0.25) is 10.0 Å². The van der Waals surface area contributed by atoms with Crippen LogP contribution in [0, 0.1) is 5.92 Å². The van der Waals surface area contributed by atoms with Crippen LogP contribution in [0.3, 0.4) is 0 Å². The number of thiophene rings is 1. The molecule has 0 bridgehead atoms. The Morgan fingerprint density at radius 3 is 2.52 bits per heavy atom. The number of carbonyl (C=O) groups excluding carboxylic acids is 3. The summed E-state index contributed by atoms with van der Waals surface area (Å²) in [5.41, 5.74) is 4.70. The van der Waals surface area contributed by atoms with Gasteiger partial charge in [-0.05, 0) is 81.0 Å². The summed E-state index contributed by atoms with van der Waals surface area (Å²) in [5.74, 6) is -0.342. The molecule has 1 aliphatic rings. The number of nitrogens with zero attached hydrogens (tertiary/aromatic N) is 1. The van der Waals surface area contributed by atoms with Gasteiger partial charge in [-0.3, -0.25) is 9.59 Å². The second kappa shape index (κ2) is 13.3. The van der Waals surface area contributed by atoms with Gasteiger partial charge in [0, 0.05) is 16.0 Å². The van der Waals surface area contributed by atoms with Crippen LogP contribution in [-0.2, 0) is 22.4 Å². The minimum Gasteiger partial charge on any atom is -0.481 e. The summed E-state index contributed by atoms with van der Waals surface area (Å²) in [4.78, 5) is 39.3. The van der Waals surface area contributed by atoms with Crippen molar-refractivity contribution in [1.82, 2.24) is 5.43 Å². The zero-order chi connectivity index (χ0) is 28.8. The molecule has 2 amide bonds. The van der Waals surface area contributed by atoms with Crippen molar-refractivity contribution in [3.8, 4) is 5.75 Å². The van der Waals surface area contributed by atoms with Gasteiger partial charge in [0.2, 0.25) is 0 Å². The molecule has 1 heterocycles. The molecular weight excluding hydrogens is 573 g/mol. The third-order valence-corrected chi connectivity index (χ3v) is 8.21. The summed E-state index contributed by atoms with van der Waals surface area (Å²) in [5, 5.41) is 8.12. The van der Waals surface area contributed by atoms with Gasteiger partial charge < -0.3 is 14.8 Å². The van der Waals surface area contributed by atoms with Crippen LogP contribution in [0.15, 0.2) is 47.6 Å². The Morgan fingerprint density at radius 2 is 1.85 bits per heavy atom. The van der Waals surface area contributed by atoms with E-state index in [0.29, 0.717) is 43.4 Å². The average molecular weight is 603 g/mol. The van der Waals surface area contributed by atoms with Crippen LogP contribution >= 0.6 is 34.5 Å². The number of esters is 1. The Kier molecular flexibility index (Phi) is 9.84. The highest BCUT2D eigenvalue weighted by atomic mass is 35.5. The molecule has 4 rings (SSSR count). The van der Waals surface area contributed by atoms with Crippen LogP contribution in [0.1, 0.15) is 63.9 Å². The molecule has 3 aromatic rings. The Labute approximate surface area is 246 Å². The standard InChI is InChI=1S/C29H29Cl2N3O5S/c1-4-38-29(37)25-20-13-8-16(2)14-24(20)40-28(25)33-27(36)18-9-11-19(12-10-18)39-17(3)26(35)34-32-15-21-22(30)6-5-7-23(21)31/h5-7,9-12,15-17H,4,8,13-14H2,1-3H3,(H,33,36)(H,34,35)/b32-15-/t16-,17-/m1/s1. The summed E-state index contributed by atoms with van der Waals surface area (Å²) in [6, 6.07) is 11.4. The van der Waals surface area contributed by atoms with Crippen LogP contribution < -0.4 is 15.5 Å². The number of rotatable bonds is 9. The zero-order valence-corrected chi connectivity index (χ0v) is 24.6. The van der Waals surface area contributed by atoms with Gasteiger partial charge >= 0.3 is 5.97 Å². The normalized spacial score (nSPS) is 15.3. The third-order valence-electron chi connectivity index (χ3n) is 6.38. The fourth-order valence-corrected chi connectivity index (χ4v) is 6.15. The van der Waals surface area contributed by atoms with Gasteiger partial charge in [-0.2, -0.15) is 5.10 Å². The number of hydrogen-bond donors (Lipinski definition) is 2. The minimum atomic E-state index is -0.870. The number of halogens is 2. The zero-order valence-electron chi connectivity index (χ0n) is 22.3. The number of ether oxygens (including phenoxy) is 2. The second-order valence-electron chi connectivity index (χ2n) is 9.38. The number of hydrazone groups is 1. The largest absolute Gasteiger partial charge is 0.481 e. The lowest BCUT2D eigenvalue weighted by atomic mass is 9.88. The van der Waals surface area contributed by atoms with Crippen molar-refractivity contribution in [1.29, 1.82) is 0 Å². The van der Waals surface area contributed by atoms with E-state index in [1.54, 1.807) is 56.3 Å². The first-order chi connectivity index (χ1) is 19.2. The van der Waals surface area contributed by atoms with Gasteiger partial charge in [0.25, 0.3) is 11.8 Å². The van der Waals surface area contributed by atoms with E-state index in [4.69, 9.17) is 32.7 Å². The summed E-state index contributed by atoms with van der Waals surface area (Å²) in [6.07, 6.45) is 3.14. The summed E-state index contributed by atoms with van der Waals surface area (Å²) in [6.45, 7) is 5.77. The number of benzene rings is 2. The first kappa shape index (κ1) is 29.6. The van der Waals surface area contributed by atoms with Gasteiger partial charge in [-0.1, -0.05) is 36.2 Å². The molecule has 11 heteroatoms. The fraction of sp³-hybridized carbons (Fsp3) is 0.310. The highest BCUT2D eigenvalue weighted by Gasteiger charge is 2.29. The predicted molar refractivity (Wildman–Crippen MR) is 158 cm³/mol. The van der Waals surface area contributed by atoms with Gasteiger partial charge in [-0.15, -0.1) is 11.3 Å². The van der Waals surface area contributed by atoms with Crippen molar-refractivity contribution in [3.05, 3.63) is 79.6 Å². The molecule has 0 spiro atoms. The monoisotopic (exact) mass is 601 g/mol. The summed E-state index contributed by atoms with van der Waals surface area (Å²) in [7, 11) is 0. The lowest BCUT2D eigenvalue weighted by Gasteiger charge is -2.18. The molecule has 40 heavy (non-hydrogen) atoms. The Morgan fingerprint density at radius 1 is 1.15 bits per heavy atom. The van der Waals surface area contributed by atoms with Crippen molar-refractivity contribution >= 4 is 63.5 Å². The fourth-order valence-electron chi connectivity index (χ4n) is 4.26. The maximum absolute atomic E-state index is 13.1. The molecule has 1 aliphatic carbocycles. The lowest BCUT2D eigenvalue weighted by molar-refractivity contribution is -0.127. The predicted octanol–water partition coefficient (Wildman–Crippen LogP) is 6.53. The van der Waals surface area contributed by atoms with E-state index in [1.165, 1.54) is 17.6 Å². The molecule has 210 valence electrons. The Balaban J connectivity index is 1.38. The number of hydrogen-bond acceptors (Lipinski definition) is 7. The van der Waals surface area contributed by atoms with E-state index < -0.39 is 18.0 Å². The van der Waals surface area contributed by atoms with Gasteiger partial charge in [0.15, 0.2) is 6.10 Å². The van der Waals surface area contributed by atoms with E-state index in [1.807, 2.05) is 0 Å². The van der Waals surface area contributed by atoms with E-state index in [2.05, 4.69) is 22.8 Å². The maximum Gasteiger partial charge on any atom is 0.341 e. The molecule has 0 unspecified atom stereocenters. The molecule has 2 aromatic carbocycles. The topological polar surface area (TPSA) is 106 Å². The molecular formula is C29H29Cl2N3O5S. The van der Waals surface area contributed by atoms with Gasteiger partial charge in [0.05, 0.1) is 28.4 Å². The SMILES string of the molecule is CCOC(=O)c1c(NC(=O)c2ccc(O[C@H](C)C(=O)N/N=C\c3c(Cl)cccc3Cl)cc2)sc2c1CC[C@@H](C)C2. The smallest absolute Gasteiger partial charge is 0.341 e. The number of fused-ring (bicyclic) bond motifs is 1. The molecule has 2 atom stereocenters. The van der Waals surface area contributed by atoms with Crippen LogP contribution in [0.25, 0.3) is 0 Å². The number of nitrogens with one attached hydrogen (secondary N) is 2. The van der Waals surface area contributed by atoms with Crippen molar-refractivity contribution in [2.45, 2.75) is 46.1 Å². The molecule has 0 saturated carbocycles. The highest BCUT2D eigenvalue weighted by Crippen LogP contribution is 2.40. The summed E-state index contributed by atoms with van der Waals surface area (Å²) < 4.78 is 11.0. The quantitative estimate of drug-likeness (QED) is 0.165. The van der Waals surface area contributed by atoms with Crippen molar-refractivity contribution < 1.29 is 23.9 Å². The van der Waals surface area contributed by atoms with Crippen LogP contribution in [-0.4, -0.2) is 36.7 Å². The molecule has 0 fully saturated rings. The highest BCUT2D eigenvalue weighted by molar-refractivity contribution is 7.17. The minimum absolute atomic E-state index is 0.257. The van der Waals surface area contributed by atoms with E-state index in [-0.39, 0.29) is 12.5 Å². The molecule has 0 aliphatic heterocycles. The van der Waals surface area contributed by atoms with Crippen molar-refractivity contribution in [2.24, 2.45) is 11.0 Å². The second-order valence-corrected chi connectivity index (χ2v) is 11.3. The molecule has 0 saturated heterocycles. The van der Waals surface area contributed by atoms with E-state index in [0.717, 1.165) is 29.7 Å². The maximum atomic E-state index is 13.1. The molecule has 8 nitrogen and oxygen atoms in total. The summed E-state index contributed by atoms with van der Waals surface area (Å²) >= 11 is 13.6. The molecule has 0 radical (unpaired) electrons. The van der Waals surface area contributed by atoms with Gasteiger partial charge in [0.1, 0.15) is 10.8 Å². The Bertz CT molecular complexity index is 1420. The number of amides is 2. The van der Waals surface area contributed by atoms with E-state index >= 15 is 0 Å².